The second-order valence-electron chi connectivity index (χ2n) is 9.43. The summed E-state index contributed by atoms with van der Waals surface area (Å²) in [5.74, 6) is 2.04. The Morgan fingerprint density at radius 1 is 1.24 bits per heavy atom. The molecule has 4 aliphatic rings. The van der Waals surface area contributed by atoms with Gasteiger partial charge in [-0.25, -0.2) is 4.98 Å². The van der Waals surface area contributed by atoms with Gasteiger partial charge >= 0.3 is 0 Å². The predicted molar refractivity (Wildman–Crippen MR) is 129 cm³/mol. The Bertz CT molecular complexity index is 1120. The van der Waals surface area contributed by atoms with E-state index in [0.29, 0.717) is 18.6 Å². The molecule has 9 heteroatoms. The molecule has 0 spiro atoms. The molecular weight excluding hydrogens is 432 g/mol. The lowest BCUT2D eigenvalue weighted by molar-refractivity contribution is -0.134. The minimum atomic E-state index is 0.0214. The molecular formula is C25H30N6O3. The average molecular weight is 463 g/mol. The van der Waals surface area contributed by atoms with Crippen molar-refractivity contribution in [1.82, 2.24) is 19.8 Å². The first kappa shape index (κ1) is 21.4. The number of ether oxygens (including phenoxy) is 2. The van der Waals surface area contributed by atoms with Crippen LogP contribution in [0.5, 0.6) is 5.75 Å². The first-order valence-corrected chi connectivity index (χ1v) is 12.0. The predicted octanol–water partition coefficient (Wildman–Crippen LogP) is 2.05. The summed E-state index contributed by atoms with van der Waals surface area (Å²) < 4.78 is 11.8. The van der Waals surface area contributed by atoms with E-state index >= 15 is 0 Å². The number of aromatic nitrogens is 2. The zero-order valence-corrected chi connectivity index (χ0v) is 19.5. The monoisotopic (exact) mass is 462 g/mol. The molecule has 0 radical (unpaired) electrons. The van der Waals surface area contributed by atoms with E-state index in [2.05, 4.69) is 38.8 Å². The Kier molecular flexibility index (Phi) is 5.38. The standard InChI is InChI=1S/C25H30N6O3/c1-3-23(32)31-13-18(14-31)30-11-17(12-30)20-10-21-24(16(2)27-20)34-15-19-22(4-5-26-25(19)28-21)29-6-8-33-9-7-29/h3-5,10,17-18H,1,6-9,11-15H2,2H3,(H,26,28). The van der Waals surface area contributed by atoms with Crippen molar-refractivity contribution in [3.8, 4) is 5.75 Å². The minimum Gasteiger partial charge on any atom is -0.485 e. The lowest BCUT2D eigenvalue weighted by atomic mass is 9.91. The maximum absolute atomic E-state index is 11.7. The fraction of sp³-hybridized carbons (Fsp3) is 0.480. The molecule has 0 saturated carbocycles. The van der Waals surface area contributed by atoms with Gasteiger partial charge in [-0.2, -0.15) is 0 Å². The zero-order chi connectivity index (χ0) is 23.2. The van der Waals surface area contributed by atoms with Gasteiger partial charge in [-0.3, -0.25) is 14.7 Å². The van der Waals surface area contributed by atoms with Crippen molar-refractivity contribution in [2.75, 3.05) is 62.7 Å². The van der Waals surface area contributed by atoms with Gasteiger partial charge < -0.3 is 24.6 Å². The quantitative estimate of drug-likeness (QED) is 0.692. The molecule has 4 aliphatic heterocycles. The number of amides is 1. The van der Waals surface area contributed by atoms with E-state index in [9.17, 15) is 4.79 Å². The van der Waals surface area contributed by atoms with Gasteiger partial charge in [0.25, 0.3) is 0 Å². The molecule has 9 nitrogen and oxygen atoms in total. The van der Waals surface area contributed by atoms with Gasteiger partial charge in [0, 0.05) is 68.8 Å². The summed E-state index contributed by atoms with van der Waals surface area (Å²) in [5.41, 5.74) is 5.12. The normalized spacial score (nSPS) is 20.7. The molecule has 3 saturated heterocycles. The third-order valence-corrected chi connectivity index (χ3v) is 7.35. The fourth-order valence-electron chi connectivity index (χ4n) is 5.27. The number of nitrogens with zero attached hydrogens (tertiary/aromatic N) is 5. The van der Waals surface area contributed by atoms with Crippen LogP contribution in [0.15, 0.2) is 31.0 Å². The SMILES string of the molecule is C=CC(=O)N1CC(N2CC(c3cc4c(c(C)n3)OCc3c(N5CCOCC5)ccnc3N4)C2)C1. The van der Waals surface area contributed by atoms with Crippen LogP contribution in [0, 0.1) is 6.92 Å². The summed E-state index contributed by atoms with van der Waals surface area (Å²) in [5, 5.41) is 3.55. The average Bonchev–Trinajstić information content (AvgIpc) is 2.99. The molecule has 0 bridgehead atoms. The van der Waals surface area contributed by atoms with Crippen LogP contribution in [0.3, 0.4) is 0 Å². The molecule has 0 aromatic carbocycles. The number of hydrogen-bond acceptors (Lipinski definition) is 8. The van der Waals surface area contributed by atoms with Crippen molar-refractivity contribution >= 4 is 23.1 Å². The van der Waals surface area contributed by atoms with E-state index in [4.69, 9.17) is 14.5 Å². The Morgan fingerprint density at radius 3 is 2.79 bits per heavy atom. The summed E-state index contributed by atoms with van der Waals surface area (Å²) in [6, 6.07) is 4.63. The second-order valence-corrected chi connectivity index (χ2v) is 9.43. The van der Waals surface area contributed by atoms with Gasteiger partial charge in [0.1, 0.15) is 12.4 Å². The Morgan fingerprint density at radius 2 is 2.03 bits per heavy atom. The van der Waals surface area contributed by atoms with E-state index < -0.39 is 0 Å². The summed E-state index contributed by atoms with van der Waals surface area (Å²) in [7, 11) is 0. The molecule has 1 amide bonds. The van der Waals surface area contributed by atoms with E-state index in [1.165, 1.54) is 6.08 Å². The smallest absolute Gasteiger partial charge is 0.246 e. The summed E-state index contributed by atoms with van der Waals surface area (Å²) in [4.78, 5) is 27.9. The zero-order valence-electron chi connectivity index (χ0n) is 19.5. The summed E-state index contributed by atoms with van der Waals surface area (Å²) in [6.45, 7) is 12.7. The van der Waals surface area contributed by atoms with Gasteiger partial charge in [-0.15, -0.1) is 0 Å². The highest BCUT2D eigenvalue weighted by molar-refractivity contribution is 5.87. The number of anilines is 3. The van der Waals surface area contributed by atoms with E-state index in [1.54, 1.807) is 0 Å². The Labute approximate surface area is 199 Å². The molecule has 2 aromatic rings. The highest BCUT2D eigenvalue weighted by Gasteiger charge is 2.41. The van der Waals surface area contributed by atoms with E-state index in [1.807, 2.05) is 18.0 Å². The number of likely N-dealkylation sites (tertiary alicyclic amines) is 2. The van der Waals surface area contributed by atoms with Gasteiger partial charge in [-0.1, -0.05) is 6.58 Å². The lowest BCUT2D eigenvalue weighted by Gasteiger charge is -2.51. The van der Waals surface area contributed by atoms with Crippen LogP contribution in [-0.4, -0.2) is 84.2 Å². The highest BCUT2D eigenvalue weighted by Crippen LogP contribution is 2.41. The Hall–Kier alpha value is -3.17. The Balaban J connectivity index is 1.18. The van der Waals surface area contributed by atoms with Crippen LogP contribution in [0.4, 0.5) is 17.2 Å². The number of rotatable bonds is 4. The topological polar surface area (TPSA) is 83.1 Å². The van der Waals surface area contributed by atoms with E-state index in [0.717, 1.165) is 92.4 Å². The molecule has 1 N–H and O–H groups in total. The molecule has 34 heavy (non-hydrogen) atoms. The summed E-state index contributed by atoms with van der Waals surface area (Å²) >= 11 is 0. The fourth-order valence-corrected chi connectivity index (χ4v) is 5.27. The number of aryl methyl sites for hydroxylation is 1. The van der Waals surface area contributed by atoms with Crippen LogP contribution in [0.2, 0.25) is 0 Å². The first-order valence-electron chi connectivity index (χ1n) is 12.0. The molecule has 6 heterocycles. The first-order chi connectivity index (χ1) is 16.6. The number of pyridine rings is 2. The third-order valence-electron chi connectivity index (χ3n) is 7.35. The molecule has 0 unspecified atom stereocenters. The van der Waals surface area contributed by atoms with Crippen LogP contribution >= 0.6 is 0 Å². The van der Waals surface area contributed by atoms with Crippen molar-refractivity contribution in [3.63, 3.8) is 0 Å². The van der Waals surface area contributed by atoms with Crippen molar-refractivity contribution in [3.05, 3.63) is 47.9 Å². The minimum absolute atomic E-state index is 0.0214. The van der Waals surface area contributed by atoms with Crippen LogP contribution in [-0.2, 0) is 16.1 Å². The second kappa shape index (κ2) is 8.56. The molecule has 6 rings (SSSR count). The van der Waals surface area contributed by atoms with Crippen molar-refractivity contribution in [2.45, 2.75) is 25.5 Å². The van der Waals surface area contributed by atoms with Crippen molar-refractivity contribution < 1.29 is 14.3 Å². The number of carbonyl (C=O) groups is 1. The number of morpholine rings is 1. The van der Waals surface area contributed by atoms with Gasteiger partial charge in [0.15, 0.2) is 5.75 Å². The number of fused-ring (bicyclic) bond motifs is 2. The lowest BCUT2D eigenvalue weighted by Crippen LogP contribution is -2.65. The van der Waals surface area contributed by atoms with Gasteiger partial charge in [0.05, 0.1) is 30.2 Å². The third kappa shape index (κ3) is 3.69. The molecule has 0 atom stereocenters. The van der Waals surface area contributed by atoms with Crippen LogP contribution in [0.25, 0.3) is 0 Å². The molecule has 3 fully saturated rings. The number of carbonyl (C=O) groups excluding carboxylic acids is 1. The maximum atomic E-state index is 11.7. The highest BCUT2D eigenvalue weighted by atomic mass is 16.5. The number of hydrogen-bond donors (Lipinski definition) is 1. The number of nitrogens with one attached hydrogen (secondary N) is 1. The summed E-state index contributed by atoms with van der Waals surface area (Å²) in [6.07, 6.45) is 3.25. The van der Waals surface area contributed by atoms with E-state index in [-0.39, 0.29) is 5.91 Å². The molecule has 2 aromatic heterocycles. The van der Waals surface area contributed by atoms with Gasteiger partial charge in [0.2, 0.25) is 5.91 Å². The van der Waals surface area contributed by atoms with Crippen LogP contribution in [0.1, 0.15) is 22.9 Å². The van der Waals surface area contributed by atoms with Crippen LogP contribution < -0.4 is 15.0 Å². The molecule has 178 valence electrons. The van der Waals surface area contributed by atoms with Gasteiger partial charge in [-0.05, 0) is 25.1 Å². The maximum Gasteiger partial charge on any atom is 0.246 e. The van der Waals surface area contributed by atoms with Crippen molar-refractivity contribution in [1.29, 1.82) is 0 Å². The largest absolute Gasteiger partial charge is 0.485 e. The molecule has 0 aliphatic carbocycles. The van der Waals surface area contributed by atoms with Crippen molar-refractivity contribution in [2.24, 2.45) is 0 Å².